The van der Waals surface area contributed by atoms with Crippen molar-refractivity contribution in [3.8, 4) is 5.88 Å². The van der Waals surface area contributed by atoms with Crippen molar-refractivity contribution >= 4 is 0 Å². The van der Waals surface area contributed by atoms with Gasteiger partial charge in [0, 0.05) is 12.6 Å². The molecule has 136 valence electrons. The molecule has 1 saturated carbocycles. The van der Waals surface area contributed by atoms with Gasteiger partial charge in [-0.2, -0.15) is 5.10 Å². The van der Waals surface area contributed by atoms with Gasteiger partial charge in [-0.15, -0.1) is 0 Å². The summed E-state index contributed by atoms with van der Waals surface area (Å²) in [5, 5.41) is 8.03. The van der Waals surface area contributed by atoms with E-state index in [1.54, 1.807) is 0 Å². The van der Waals surface area contributed by atoms with Gasteiger partial charge in [0.1, 0.15) is 6.61 Å². The van der Waals surface area contributed by atoms with E-state index in [4.69, 9.17) is 9.84 Å². The van der Waals surface area contributed by atoms with Crippen LogP contribution in [0.15, 0.2) is 30.3 Å². The minimum Gasteiger partial charge on any atom is -0.473 e. The molecule has 25 heavy (non-hydrogen) atoms. The first kappa shape index (κ1) is 18.0. The molecule has 2 aromatic rings. The molecule has 0 aliphatic heterocycles. The van der Waals surface area contributed by atoms with Gasteiger partial charge in [-0.3, -0.25) is 0 Å². The van der Waals surface area contributed by atoms with Crippen LogP contribution in [-0.4, -0.2) is 16.8 Å². The second-order valence-corrected chi connectivity index (χ2v) is 7.30. The van der Waals surface area contributed by atoms with Crippen molar-refractivity contribution in [1.82, 2.24) is 15.1 Å². The Morgan fingerprint density at radius 2 is 2.00 bits per heavy atom. The van der Waals surface area contributed by atoms with Gasteiger partial charge in [-0.05, 0) is 50.8 Å². The van der Waals surface area contributed by atoms with Gasteiger partial charge in [0.15, 0.2) is 0 Å². The average Bonchev–Trinajstić information content (AvgIpc) is 3.04. The lowest BCUT2D eigenvalue weighted by atomic mass is 9.85. The van der Waals surface area contributed by atoms with Crippen LogP contribution in [0.1, 0.15) is 61.9 Å². The number of aromatic nitrogens is 2. The quantitative estimate of drug-likeness (QED) is 0.798. The lowest BCUT2D eigenvalue weighted by molar-refractivity contribution is 0.209. The van der Waals surface area contributed by atoms with Crippen LogP contribution in [0.5, 0.6) is 5.88 Å². The maximum atomic E-state index is 6.22. The zero-order valence-corrected chi connectivity index (χ0v) is 15.8. The summed E-state index contributed by atoms with van der Waals surface area (Å²) in [6.07, 6.45) is 6.68. The van der Waals surface area contributed by atoms with E-state index in [9.17, 15) is 0 Å². The van der Waals surface area contributed by atoms with Crippen LogP contribution in [-0.2, 0) is 13.2 Å². The Morgan fingerprint density at radius 3 is 2.72 bits per heavy atom. The van der Waals surface area contributed by atoms with Crippen LogP contribution in [0.3, 0.4) is 0 Å². The first-order valence-electron chi connectivity index (χ1n) is 9.59. The van der Waals surface area contributed by atoms with Crippen LogP contribution < -0.4 is 10.1 Å². The summed E-state index contributed by atoms with van der Waals surface area (Å²) in [5.41, 5.74) is 3.55. The van der Waals surface area contributed by atoms with Gasteiger partial charge >= 0.3 is 0 Å². The molecule has 0 saturated heterocycles. The van der Waals surface area contributed by atoms with Crippen LogP contribution in [0.25, 0.3) is 0 Å². The van der Waals surface area contributed by atoms with E-state index in [1.807, 2.05) is 7.05 Å². The van der Waals surface area contributed by atoms with E-state index in [1.165, 1.54) is 43.2 Å². The first-order chi connectivity index (χ1) is 12.2. The van der Waals surface area contributed by atoms with E-state index in [2.05, 4.69) is 54.2 Å². The number of nitrogens with zero attached hydrogens (tertiary/aromatic N) is 2. The molecule has 1 atom stereocenters. The summed E-state index contributed by atoms with van der Waals surface area (Å²) in [7, 11) is 1.96. The Kier molecular flexibility index (Phi) is 6.14. The molecule has 1 aromatic heterocycles. The van der Waals surface area contributed by atoms with Gasteiger partial charge < -0.3 is 10.1 Å². The smallest absolute Gasteiger partial charge is 0.212 e. The third-order valence-corrected chi connectivity index (χ3v) is 5.46. The number of rotatable bonds is 7. The standard InChI is InChI=1S/C21H31N3O/c1-16-9-7-8-12-19(16)15-25-21-13-20(14-22-3)23-24(21)17(2)18-10-5-4-6-11-18/h7-9,12-13,17-18,22H,4-6,10-11,14-15H2,1-3H3. The second kappa shape index (κ2) is 8.52. The van der Waals surface area contributed by atoms with Crippen LogP contribution in [0, 0.1) is 12.8 Å². The van der Waals surface area contributed by atoms with Crippen LogP contribution in [0.4, 0.5) is 0 Å². The summed E-state index contributed by atoms with van der Waals surface area (Å²) in [4.78, 5) is 0. The molecule has 1 heterocycles. The Morgan fingerprint density at radius 1 is 1.24 bits per heavy atom. The summed E-state index contributed by atoms with van der Waals surface area (Å²) >= 11 is 0. The Bertz CT molecular complexity index is 674. The predicted octanol–water partition coefficient (Wildman–Crippen LogP) is 4.63. The zero-order valence-electron chi connectivity index (χ0n) is 15.8. The number of nitrogens with one attached hydrogen (secondary N) is 1. The third-order valence-electron chi connectivity index (χ3n) is 5.46. The molecule has 1 aliphatic carbocycles. The van der Waals surface area contributed by atoms with E-state index < -0.39 is 0 Å². The van der Waals surface area contributed by atoms with Gasteiger partial charge in [0.05, 0.1) is 11.7 Å². The van der Waals surface area contributed by atoms with Crippen molar-refractivity contribution in [2.75, 3.05) is 7.05 Å². The molecule has 0 amide bonds. The maximum Gasteiger partial charge on any atom is 0.212 e. The molecule has 3 rings (SSSR count). The SMILES string of the molecule is CNCc1cc(OCc2ccccc2C)n(C(C)C2CCCCC2)n1. The van der Waals surface area contributed by atoms with Crippen molar-refractivity contribution in [2.45, 2.75) is 65.1 Å². The fraction of sp³-hybridized carbons (Fsp3) is 0.571. The van der Waals surface area contributed by atoms with Gasteiger partial charge in [0.2, 0.25) is 5.88 Å². The van der Waals surface area contributed by atoms with Crippen molar-refractivity contribution in [3.05, 3.63) is 47.2 Å². The third kappa shape index (κ3) is 4.43. The Balaban J connectivity index is 1.77. The highest BCUT2D eigenvalue weighted by Crippen LogP contribution is 2.35. The molecule has 0 radical (unpaired) electrons. The van der Waals surface area contributed by atoms with Crippen molar-refractivity contribution in [1.29, 1.82) is 0 Å². The summed E-state index contributed by atoms with van der Waals surface area (Å²) in [6.45, 7) is 5.79. The minimum atomic E-state index is 0.387. The monoisotopic (exact) mass is 341 g/mol. The van der Waals surface area contributed by atoms with Crippen LogP contribution >= 0.6 is 0 Å². The molecule has 1 aliphatic rings. The second-order valence-electron chi connectivity index (χ2n) is 7.30. The molecule has 1 unspecified atom stereocenters. The number of hydrogen-bond donors (Lipinski definition) is 1. The van der Waals surface area contributed by atoms with E-state index in [0.717, 1.165) is 18.1 Å². The number of benzene rings is 1. The zero-order chi connectivity index (χ0) is 17.6. The molecule has 1 fully saturated rings. The molecular weight excluding hydrogens is 310 g/mol. The normalized spacial score (nSPS) is 16.8. The highest BCUT2D eigenvalue weighted by molar-refractivity contribution is 5.26. The molecule has 4 heteroatoms. The molecule has 4 nitrogen and oxygen atoms in total. The fourth-order valence-electron chi connectivity index (χ4n) is 3.83. The van der Waals surface area contributed by atoms with Gasteiger partial charge in [0.25, 0.3) is 0 Å². The minimum absolute atomic E-state index is 0.387. The highest BCUT2D eigenvalue weighted by atomic mass is 16.5. The molecule has 0 bridgehead atoms. The molecule has 1 N–H and O–H groups in total. The lowest BCUT2D eigenvalue weighted by Gasteiger charge is -2.28. The average molecular weight is 341 g/mol. The number of aryl methyl sites for hydroxylation is 1. The number of hydrogen-bond acceptors (Lipinski definition) is 3. The largest absolute Gasteiger partial charge is 0.473 e. The highest BCUT2D eigenvalue weighted by Gasteiger charge is 2.25. The summed E-state index contributed by atoms with van der Waals surface area (Å²) < 4.78 is 8.34. The predicted molar refractivity (Wildman–Crippen MR) is 102 cm³/mol. The maximum absolute atomic E-state index is 6.22. The van der Waals surface area contributed by atoms with Crippen molar-refractivity contribution in [2.24, 2.45) is 5.92 Å². The summed E-state index contributed by atoms with van der Waals surface area (Å²) in [5.74, 6) is 1.60. The van der Waals surface area contributed by atoms with Gasteiger partial charge in [-0.25, -0.2) is 4.68 Å². The van der Waals surface area contributed by atoms with Crippen LogP contribution in [0.2, 0.25) is 0 Å². The molecule has 0 spiro atoms. The Labute approximate surface area is 151 Å². The lowest BCUT2D eigenvalue weighted by Crippen LogP contribution is -2.21. The fourth-order valence-corrected chi connectivity index (χ4v) is 3.83. The van der Waals surface area contributed by atoms with E-state index >= 15 is 0 Å². The first-order valence-corrected chi connectivity index (χ1v) is 9.59. The summed E-state index contributed by atoms with van der Waals surface area (Å²) in [6, 6.07) is 10.9. The van der Waals surface area contributed by atoms with Gasteiger partial charge in [-0.1, -0.05) is 43.5 Å². The van der Waals surface area contributed by atoms with Crippen molar-refractivity contribution in [3.63, 3.8) is 0 Å². The van der Waals surface area contributed by atoms with Crippen molar-refractivity contribution < 1.29 is 4.74 Å². The Hall–Kier alpha value is -1.81. The number of ether oxygens (including phenoxy) is 1. The molecule has 1 aromatic carbocycles. The van der Waals surface area contributed by atoms with E-state index in [-0.39, 0.29) is 0 Å². The van der Waals surface area contributed by atoms with E-state index in [0.29, 0.717) is 18.6 Å². The molecular formula is C21H31N3O. The topological polar surface area (TPSA) is 39.1 Å².